The summed E-state index contributed by atoms with van der Waals surface area (Å²) in [5, 5.41) is 20.1. The smallest absolute Gasteiger partial charge is 0.126 e. The van der Waals surface area contributed by atoms with Crippen molar-refractivity contribution in [2.24, 2.45) is 0 Å². The van der Waals surface area contributed by atoms with Crippen molar-refractivity contribution in [1.82, 2.24) is 9.80 Å². The summed E-state index contributed by atoms with van der Waals surface area (Å²) in [6.07, 6.45) is 0. The van der Waals surface area contributed by atoms with E-state index in [0.717, 1.165) is 61.7 Å². The van der Waals surface area contributed by atoms with Crippen molar-refractivity contribution in [2.45, 2.75) is 77.2 Å². The maximum Gasteiger partial charge on any atom is 0.126 e. The van der Waals surface area contributed by atoms with E-state index in [1.807, 2.05) is 18.2 Å². The highest BCUT2D eigenvalue weighted by atomic mass is 16.5. The van der Waals surface area contributed by atoms with Crippen molar-refractivity contribution in [3.63, 3.8) is 0 Å². The molecule has 0 amide bonds. The van der Waals surface area contributed by atoms with E-state index in [0.29, 0.717) is 19.0 Å². The van der Waals surface area contributed by atoms with Gasteiger partial charge in [0.15, 0.2) is 0 Å². The topological polar surface area (TPSA) is 65.4 Å². The zero-order chi connectivity index (χ0) is 35.0. The maximum absolute atomic E-state index is 10.1. The fourth-order valence-electron chi connectivity index (χ4n) is 7.31. The van der Waals surface area contributed by atoms with Gasteiger partial charge in [0, 0.05) is 62.2 Å². The van der Waals surface area contributed by atoms with E-state index in [1.54, 1.807) is 24.3 Å². The lowest BCUT2D eigenvalue weighted by molar-refractivity contribution is 0.112. The van der Waals surface area contributed by atoms with Crippen molar-refractivity contribution in [1.29, 1.82) is 0 Å². The van der Waals surface area contributed by atoms with Gasteiger partial charge in [-0.2, -0.15) is 0 Å². The number of nitrogens with zero attached hydrogens (tertiary/aromatic N) is 2. The normalized spacial score (nSPS) is 20.4. The Morgan fingerprint density at radius 1 is 0.735 bits per heavy atom. The second kappa shape index (κ2) is 13.7. The van der Waals surface area contributed by atoms with Gasteiger partial charge in [-0.25, -0.2) is 0 Å². The Balaban J connectivity index is 1.06. The minimum Gasteiger partial charge on any atom is -0.508 e. The molecule has 0 radical (unpaired) electrons. The largest absolute Gasteiger partial charge is 0.508 e. The number of hydrogen-bond acceptors (Lipinski definition) is 6. The van der Waals surface area contributed by atoms with Crippen molar-refractivity contribution >= 4 is 0 Å². The molecule has 2 aliphatic heterocycles. The van der Waals surface area contributed by atoms with E-state index >= 15 is 0 Å². The van der Waals surface area contributed by atoms with Gasteiger partial charge in [-0.05, 0) is 69.0 Å². The van der Waals surface area contributed by atoms with Crippen molar-refractivity contribution in [3.05, 3.63) is 118 Å². The lowest BCUT2D eigenvalue weighted by Crippen LogP contribution is -2.47. The van der Waals surface area contributed by atoms with Gasteiger partial charge in [-0.3, -0.25) is 9.80 Å². The van der Waals surface area contributed by atoms with Crippen LogP contribution in [0.4, 0.5) is 0 Å². The molecule has 0 spiro atoms. The zero-order valence-electron chi connectivity index (χ0n) is 30.4. The Hall–Kier alpha value is -4.00. The first-order valence-corrected chi connectivity index (χ1v) is 17.8. The molecule has 2 aliphatic rings. The first kappa shape index (κ1) is 34.8. The van der Waals surface area contributed by atoms with Crippen LogP contribution in [-0.4, -0.2) is 66.0 Å². The van der Waals surface area contributed by atoms with E-state index in [1.165, 1.54) is 16.7 Å². The van der Waals surface area contributed by atoms with Crippen LogP contribution >= 0.6 is 0 Å². The minimum atomic E-state index is -0.382. The molecule has 6 heteroatoms. The van der Waals surface area contributed by atoms with Crippen molar-refractivity contribution < 1.29 is 19.7 Å². The predicted octanol–water partition coefficient (Wildman–Crippen LogP) is 8.37. The minimum absolute atomic E-state index is 0.0114. The SMILES string of the molecule is CC(C)(C)c1cc(CN2CCN(CCOc3ccc(C4c5ccc(O)cc5OCC4(C)c4ccc(O)cc4)cc3)CC2)cc(C(C)(C)C)c1. The van der Waals surface area contributed by atoms with Gasteiger partial charge >= 0.3 is 0 Å². The second-order valence-corrected chi connectivity index (χ2v) is 16.4. The third-order valence-corrected chi connectivity index (χ3v) is 10.5. The molecule has 2 unspecified atom stereocenters. The summed E-state index contributed by atoms with van der Waals surface area (Å²) in [5.74, 6) is 1.99. The van der Waals surface area contributed by atoms with Crippen LogP contribution in [-0.2, 0) is 22.8 Å². The Bertz CT molecular complexity index is 1700. The maximum atomic E-state index is 10.1. The molecule has 6 nitrogen and oxygen atoms in total. The number of aromatic hydroxyl groups is 2. The Morgan fingerprint density at radius 2 is 1.33 bits per heavy atom. The standard InChI is InChI=1S/C43H54N2O4/c1-41(2,3)33-24-30(25-34(26-33)42(4,5)6)28-45-20-18-44(19-21-45)22-23-48-37-15-8-31(9-16-37)40-38-17-14-36(47)27-39(38)49-29-43(40,7)32-10-12-35(46)13-11-32/h8-17,24-27,40,46-47H,18-23,28-29H2,1-7H3. The average Bonchev–Trinajstić information content (AvgIpc) is 3.05. The number of ether oxygens (including phenoxy) is 2. The van der Waals surface area contributed by atoms with E-state index in [4.69, 9.17) is 9.47 Å². The molecule has 6 rings (SSSR count). The number of piperazine rings is 1. The van der Waals surface area contributed by atoms with Crippen LogP contribution in [0.5, 0.6) is 23.0 Å². The van der Waals surface area contributed by atoms with Gasteiger partial charge in [-0.1, -0.05) is 97.0 Å². The van der Waals surface area contributed by atoms with Crippen molar-refractivity contribution in [2.75, 3.05) is 45.9 Å². The number of benzene rings is 4. The van der Waals surface area contributed by atoms with Gasteiger partial charge in [-0.15, -0.1) is 0 Å². The van der Waals surface area contributed by atoms with Crippen LogP contribution < -0.4 is 9.47 Å². The highest BCUT2D eigenvalue weighted by molar-refractivity contribution is 5.53. The molecule has 49 heavy (non-hydrogen) atoms. The third kappa shape index (κ3) is 7.92. The molecule has 260 valence electrons. The summed E-state index contributed by atoms with van der Waals surface area (Å²) < 4.78 is 12.5. The molecule has 1 saturated heterocycles. The molecule has 0 aromatic heterocycles. The molecule has 2 atom stereocenters. The fraction of sp³-hybridized carbons (Fsp3) is 0.442. The number of phenols is 2. The van der Waals surface area contributed by atoms with Crippen LogP contribution in [0, 0.1) is 0 Å². The molecule has 4 aromatic carbocycles. The quantitative estimate of drug-likeness (QED) is 0.198. The molecule has 1 fully saturated rings. The molecular weight excluding hydrogens is 608 g/mol. The van der Waals surface area contributed by atoms with Gasteiger partial charge < -0.3 is 19.7 Å². The molecule has 2 heterocycles. The summed E-state index contributed by atoms with van der Waals surface area (Å²) >= 11 is 0. The summed E-state index contributed by atoms with van der Waals surface area (Å²) in [5.41, 5.74) is 7.40. The van der Waals surface area contributed by atoms with E-state index in [9.17, 15) is 10.2 Å². The van der Waals surface area contributed by atoms with Crippen LogP contribution in [0.1, 0.15) is 87.8 Å². The van der Waals surface area contributed by atoms with Gasteiger partial charge in [0.25, 0.3) is 0 Å². The highest BCUT2D eigenvalue weighted by Gasteiger charge is 2.43. The molecule has 2 N–H and O–H groups in total. The van der Waals surface area contributed by atoms with Gasteiger partial charge in [0.1, 0.15) is 29.6 Å². The summed E-state index contributed by atoms with van der Waals surface area (Å²) in [7, 11) is 0. The lowest BCUT2D eigenvalue weighted by atomic mass is 9.65. The van der Waals surface area contributed by atoms with Crippen LogP contribution in [0.25, 0.3) is 0 Å². The van der Waals surface area contributed by atoms with Crippen molar-refractivity contribution in [3.8, 4) is 23.0 Å². The summed E-state index contributed by atoms with van der Waals surface area (Å²) in [6.45, 7) is 23.2. The fourth-order valence-corrected chi connectivity index (χ4v) is 7.31. The number of phenolic OH excluding ortho intramolecular Hbond substituents is 2. The first-order valence-electron chi connectivity index (χ1n) is 17.8. The lowest BCUT2D eigenvalue weighted by Gasteiger charge is -2.43. The van der Waals surface area contributed by atoms with Gasteiger partial charge in [0.05, 0.1) is 6.61 Å². The average molecular weight is 663 g/mol. The Morgan fingerprint density at radius 3 is 1.94 bits per heavy atom. The Kier molecular flexibility index (Phi) is 9.76. The van der Waals surface area contributed by atoms with Crippen LogP contribution in [0.15, 0.2) is 84.9 Å². The van der Waals surface area contributed by atoms with Crippen LogP contribution in [0.3, 0.4) is 0 Å². The third-order valence-electron chi connectivity index (χ3n) is 10.5. The molecular formula is C43H54N2O4. The van der Waals surface area contributed by atoms with Crippen LogP contribution in [0.2, 0.25) is 0 Å². The van der Waals surface area contributed by atoms with Gasteiger partial charge in [0.2, 0.25) is 0 Å². The second-order valence-electron chi connectivity index (χ2n) is 16.4. The molecule has 4 aromatic rings. The first-order chi connectivity index (χ1) is 23.2. The van der Waals surface area contributed by atoms with E-state index in [-0.39, 0.29) is 33.7 Å². The van der Waals surface area contributed by atoms with E-state index < -0.39 is 0 Å². The summed E-state index contributed by atoms with van der Waals surface area (Å²) in [6, 6.07) is 28.5. The zero-order valence-corrected chi connectivity index (χ0v) is 30.4. The Labute approximate surface area is 293 Å². The molecule has 0 aliphatic carbocycles. The highest BCUT2D eigenvalue weighted by Crippen LogP contribution is 2.51. The molecule has 0 bridgehead atoms. The summed E-state index contributed by atoms with van der Waals surface area (Å²) in [4.78, 5) is 5.10. The van der Waals surface area contributed by atoms with E-state index in [2.05, 4.69) is 101 Å². The number of hydrogen-bond donors (Lipinski definition) is 2. The number of fused-ring (bicyclic) bond motifs is 1. The molecule has 0 saturated carbocycles. The monoisotopic (exact) mass is 662 g/mol. The number of rotatable bonds is 8. The predicted molar refractivity (Wildman–Crippen MR) is 198 cm³/mol.